The number of aliphatic carboxylic acids is 1. The van der Waals surface area contributed by atoms with E-state index in [-0.39, 0.29) is 54.6 Å². The highest BCUT2D eigenvalue weighted by Gasteiger charge is 2.33. The lowest BCUT2D eigenvalue weighted by Gasteiger charge is -2.26. The maximum atomic E-state index is 13.7. The van der Waals surface area contributed by atoms with Gasteiger partial charge in [-0.2, -0.15) is 0 Å². The molecule has 75 heavy (non-hydrogen) atoms. The van der Waals surface area contributed by atoms with Gasteiger partial charge in [-0.25, -0.2) is 52.2 Å². The summed E-state index contributed by atoms with van der Waals surface area (Å²) in [5, 5.41) is 10.9. The summed E-state index contributed by atoms with van der Waals surface area (Å²) in [6.45, 7) is 7.55. The van der Waals surface area contributed by atoms with E-state index in [1.165, 1.54) is 68.0 Å². The van der Waals surface area contributed by atoms with E-state index in [1.54, 1.807) is 111 Å². The zero-order valence-electron chi connectivity index (χ0n) is 41.4. The van der Waals surface area contributed by atoms with Crippen molar-refractivity contribution in [1.29, 1.82) is 0 Å². The van der Waals surface area contributed by atoms with Gasteiger partial charge in [0.1, 0.15) is 13.1 Å². The number of aromatic nitrogens is 2. The van der Waals surface area contributed by atoms with E-state index in [9.17, 15) is 48.4 Å². The van der Waals surface area contributed by atoms with Crippen molar-refractivity contribution in [2.45, 2.75) is 54.2 Å². The Morgan fingerprint density at radius 2 is 0.880 bits per heavy atom. The van der Waals surface area contributed by atoms with Crippen LogP contribution in [0.25, 0.3) is 21.5 Å². The molecular formula is C53H52N6O12S4. The van der Waals surface area contributed by atoms with Gasteiger partial charge in [0, 0.05) is 28.6 Å². The number of carboxylic acids is 1. The number of sulfonamides is 4. The second kappa shape index (κ2) is 22.3. The van der Waals surface area contributed by atoms with Crippen molar-refractivity contribution >= 4 is 96.6 Å². The highest BCUT2D eigenvalue weighted by atomic mass is 32.2. The van der Waals surface area contributed by atoms with E-state index in [4.69, 9.17) is 4.74 Å². The standard InChI is InChI=1S/C27H27N3O6S2.C26H25N3O6S2/c1-4-36-26(31)18-30(38(34,35)22-15-11-20(3)12-16-22)27-24-8-6-5-7-23(24)25(17-28-27)29-37(32,33)21-13-9-19(2)10-14-21;1-18-8-12-20(13-9-18)36(32,33)28(3)24-16-27-26(23-7-5-4-6-22(23)24)29(17-25(30)31)37(34,35)21-14-10-19(2)11-15-21/h5-17,29H,4,18H2,1-3H3;4-16H,17H2,1-3H3,(H,30,31). The van der Waals surface area contributed by atoms with Crippen LogP contribution in [0.2, 0.25) is 0 Å². The summed E-state index contributed by atoms with van der Waals surface area (Å²) < 4.78 is 118. The van der Waals surface area contributed by atoms with Crippen LogP contribution in [0.3, 0.4) is 0 Å². The highest BCUT2D eigenvalue weighted by Crippen LogP contribution is 2.37. The topological polar surface area (TPSA) is 248 Å². The van der Waals surface area contributed by atoms with Crippen LogP contribution in [0.5, 0.6) is 0 Å². The number of fused-ring (bicyclic) bond motifs is 2. The fourth-order valence-corrected chi connectivity index (χ4v) is 12.7. The lowest BCUT2D eigenvalue weighted by atomic mass is 10.1. The number of carbonyl (C=O) groups is 2. The summed E-state index contributed by atoms with van der Waals surface area (Å²) in [5.74, 6) is -2.28. The molecule has 0 bridgehead atoms. The summed E-state index contributed by atoms with van der Waals surface area (Å²) >= 11 is 0. The maximum absolute atomic E-state index is 13.7. The molecule has 0 fully saturated rings. The first-order valence-electron chi connectivity index (χ1n) is 22.9. The number of anilines is 4. The van der Waals surface area contributed by atoms with Gasteiger partial charge in [0.15, 0.2) is 11.6 Å². The number of carbonyl (C=O) groups excluding carboxylic acids is 1. The van der Waals surface area contributed by atoms with Crippen molar-refractivity contribution in [3.8, 4) is 0 Å². The average Bonchev–Trinajstić information content (AvgIpc) is 3.37. The third-order valence-electron chi connectivity index (χ3n) is 11.7. The van der Waals surface area contributed by atoms with Crippen molar-refractivity contribution in [1.82, 2.24) is 9.97 Å². The minimum absolute atomic E-state index is 0.0255. The third-order valence-corrected chi connectivity index (χ3v) is 18.3. The van der Waals surface area contributed by atoms with E-state index in [1.807, 2.05) is 20.8 Å². The van der Waals surface area contributed by atoms with Crippen molar-refractivity contribution in [2.24, 2.45) is 0 Å². The fourth-order valence-electron chi connectivity index (χ4n) is 7.66. The molecule has 18 nitrogen and oxygen atoms in total. The van der Waals surface area contributed by atoms with E-state index in [2.05, 4.69) is 14.7 Å². The summed E-state index contributed by atoms with van der Waals surface area (Å²) in [7, 11) is -15.1. The number of benzene rings is 6. The van der Waals surface area contributed by atoms with Crippen LogP contribution in [0, 0.1) is 27.7 Å². The van der Waals surface area contributed by atoms with Crippen LogP contribution in [0.1, 0.15) is 29.2 Å². The van der Waals surface area contributed by atoms with Gasteiger partial charge >= 0.3 is 11.9 Å². The predicted octanol–water partition coefficient (Wildman–Crippen LogP) is 8.37. The number of pyridine rings is 2. The summed E-state index contributed by atoms with van der Waals surface area (Å²) in [4.78, 5) is 32.9. The Balaban J connectivity index is 0.000000219. The van der Waals surface area contributed by atoms with Gasteiger partial charge in [-0.05, 0) is 83.1 Å². The molecule has 0 aliphatic heterocycles. The minimum Gasteiger partial charge on any atom is -0.480 e. The van der Waals surface area contributed by atoms with E-state index >= 15 is 0 Å². The molecule has 2 aromatic heterocycles. The van der Waals surface area contributed by atoms with Crippen LogP contribution in [-0.2, 0) is 54.4 Å². The molecule has 0 aliphatic carbocycles. The number of nitrogens with zero attached hydrogens (tertiary/aromatic N) is 5. The number of aryl methyl sites for hydroxylation is 4. The maximum Gasteiger partial charge on any atom is 0.326 e. The SMILES string of the molecule is CCOC(=O)CN(c1ncc(NS(=O)(=O)c2ccc(C)cc2)c2ccccc12)S(=O)(=O)c1ccc(C)cc1.Cc1ccc(S(=O)(=O)N(C)c2cnc(N(CC(=O)O)S(=O)(=O)c3ccc(C)cc3)c3ccccc23)cc1. The lowest BCUT2D eigenvalue weighted by molar-refractivity contribution is -0.141. The Hall–Kier alpha value is -7.92. The fraction of sp³-hybridized carbons (Fsp3) is 0.170. The largest absolute Gasteiger partial charge is 0.480 e. The Bertz CT molecular complexity index is 3880. The molecule has 390 valence electrons. The number of carboxylic acid groups (broad SMARTS) is 1. The van der Waals surface area contributed by atoms with Gasteiger partial charge in [-0.1, -0.05) is 119 Å². The Labute approximate surface area is 436 Å². The van der Waals surface area contributed by atoms with Crippen molar-refractivity contribution in [3.63, 3.8) is 0 Å². The zero-order chi connectivity index (χ0) is 54.5. The molecule has 8 rings (SSSR count). The molecule has 0 spiro atoms. The molecule has 0 unspecified atom stereocenters. The molecule has 0 saturated carbocycles. The van der Waals surface area contributed by atoms with Gasteiger partial charge in [-0.3, -0.25) is 18.6 Å². The molecule has 2 heterocycles. The first kappa shape index (κ1) is 54.8. The van der Waals surface area contributed by atoms with Crippen molar-refractivity contribution < 1.29 is 53.1 Å². The van der Waals surface area contributed by atoms with Gasteiger partial charge < -0.3 is 9.84 Å². The van der Waals surface area contributed by atoms with E-state index in [0.29, 0.717) is 16.2 Å². The molecule has 2 N–H and O–H groups in total. The minimum atomic E-state index is -4.31. The van der Waals surface area contributed by atoms with Crippen LogP contribution in [0.4, 0.5) is 23.0 Å². The molecule has 0 radical (unpaired) electrons. The Morgan fingerprint density at radius 1 is 0.507 bits per heavy atom. The van der Waals surface area contributed by atoms with Gasteiger partial charge in [0.05, 0.1) is 50.0 Å². The summed E-state index contributed by atoms with van der Waals surface area (Å²) in [5.41, 5.74) is 3.91. The van der Waals surface area contributed by atoms with Crippen LogP contribution in [-0.4, -0.2) is 87.4 Å². The molecule has 0 atom stereocenters. The van der Waals surface area contributed by atoms with Crippen molar-refractivity contribution in [3.05, 3.63) is 180 Å². The number of esters is 1. The molecule has 0 aliphatic rings. The summed E-state index contributed by atoms with van der Waals surface area (Å²) in [6.07, 6.45) is 2.48. The number of hydrogen-bond acceptors (Lipinski definition) is 13. The zero-order valence-corrected chi connectivity index (χ0v) is 44.7. The van der Waals surface area contributed by atoms with Crippen molar-refractivity contribution in [2.75, 3.05) is 44.4 Å². The molecule has 0 amide bonds. The smallest absolute Gasteiger partial charge is 0.326 e. The summed E-state index contributed by atoms with van der Waals surface area (Å²) in [6, 6.07) is 38.2. The van der Waals surface area contributed by atoms with Gasteiger partial charge in [-0.15, -0.1) is 0 Å². The molecule has 6 aromatic carbocycles. The van der Waals surface area contributed by atoms with Crippen LogP contribution < -0.4 is 17.6 Å². The first-order valence-corrected chi connectivity index (χ1v) is 28.7. The monoisotopic (exact) mass is 1090 g/mol. The molecule has 0 saturated heterocycles. The number of rotatable bonds is 17. The molecular weight excluding hydrogens is 1040 g/mol. The Morgan fingerprint density at radius 3 is 1.32 bits per heavy atom. The number of hydrogen-bond donors (Lipinski definition) is 2. The third kappa shape index (κ3) is 12.0. The second-order valence-electron chi connectivity index (χ2n) is 17.1. The van der Waals surface area contributed by atoms with E-state index < -0.39 is 65.1 Å². The average molecular weight is 1090 g/mol. The van der Waals surface area contributed by atoms with Gasteiger partial charge in [0.25, 0.3) is 40.1 Å². The normalized spacial score (nSPS) is 11.8. The van der Waals surface area contributed by atoms with Crippen LogP contribution in [0.15, 0.2) is 178 Å². The van der Waals surface area contributed by atoms with Gasteiger partial charge in [0.2, 0.25) is 0 Å². The second-order valence-corrected chi connectivity index (χ2v) is 24.5. The quantitative estimate of drug-likeness (QED) is 0.0814. The number of ether oxygens (including phenoxy) is 1. The van der Waals surface area contributed by atoms with E-state index in [0.717, 1.165) is 35.2 Å². The lowest BCUT2D eigenvalue weighted by Crippen LogP contribution is -2.37. The first-order chi connectivity index (χ1) is 35.4. The molecule has 22 heteroatoms. The number of nitrogens with one attached hydrogen (secondary N) is 1. The Kier molecular flexibility index (Phi) is 16.3. The molecule has 8 aromatic rings. The van der Waals surface area contributed by atoms with Crippen LogP contribution >= 0.6 is 0 Å². The highest BCUT2D eigenvalue weighted by molar-refractivity contribution is 7.93. The predicted molar refractivity (Wildman–Crippen MR) is 288 cm³/mol.